The first-order valence-corrected chi connectivity index (χ1v) is 9.32. The van der Waals surface area contributed by atoms with E-state index < -0.39 is 0 Å². The third kappa shape index (κ3) is 6.57. The van der Waals surface area contributed by atoms with Crippen LogP contribution in [0.15, 0.2) is 24.3 Å². The van der Waals surface area contributed by atoms with E-state index in [4.69, 9.17) is 0 Å². The number of aromatic hydroxyl groups is 1. The Labute approximate surface area is 144 Å². The van der Waals surface area contributed by atoms with E-state index in [9.17, 15) is 5.11 Å². The van der Waals surface area contributed by atoms with Gasteiger partial charge in [-0.3, -0.25) is 0 Å². The minimum absolute atomic E-state index is 0.270. The van der Waals surface area contributed by atoms with Gasteiger partial charge in [0, 0.05) is 0 Å². The highest BCUT2D eigenvalue weighted by Crippen LogP contribution is 2.37. The number of phenolic OH excluding ortho intramolecular Hbond substituents is 1. The third-order valence-electron chi connectivity index (χ3n) is 5.51. The van der Waals surface area contributed by atoms with Gasteiger partial charge in [0.1, 0.15) is 5.75 Å². The van der Waals surface area contributed by atoms with Crippen molar-refractivity contribution in [2.24, 2.45) is 22.7 Å². The molecule has 1 aromatic carbocycles. The Hall–Kier alpha value is -0.980. The Balaban J connectivity index is 2.68. The minimum atomic E-state index is 0.270. The molecular weight excluding hydrogens is 280 g/mol. The molecule has 1 N–H and O–H groups in total. The van der Waals surface area contributed by atoms with Crippen molar-refractivity contribution in [1.82, 2.24) is 0 Å². The van der Waals surface area contributed by atoms with Crippen molar-refractivity contribution in [3.63, 3.8) is 0 Å². The van der Waals surface area contributed by atoms with Crippen LogP contribution in [0, 0.1) is 22.7 Å². The summed E-state index contributed by atoms with van der Waals surface area (Å²) in [7, 11) is 0. The number of rotatable bonds is 7. The number of hydrogen-bond donors (Lipinski definition) is 1. The lowest BCUT2D eigenvalue weighted by atomic mass is 9.72. The topological polar surface area (TPSA) is 20.2 Å². The lowest BCUT2D eigenvalue weighted by molar-refractivity contribution is 0.184. The van der Waals surface area contributed by atoms with E-state index in [0.717, 1.165) is 17.9 Å². The molecule has 132 valence electrons. The average Bonchev–Trinajstić information content (AvgIpc) is 2.41. The van der Waals surface area contributed by atoms with Crippen molar-refractivity contribution in [2.75, 3.05) is 0 Å². The van der Waals surface area contributed by atoms with Gasteiger partial charge in [-0.2, -0.15) is 0 Å². The Morgan fingerprint density at radius 1 is 0.870 bits per heavy atom. The van der Waals surface area contributed by atoms with Gasteiger partial charge in [-0.25, -0.2) is 0 Å². The summed E-state index contributed by atoms with van der Waals surface area (Å²) >= 11 is 0. The summed E-state index contributed by atoms with van der Waals surface area (Å²) in [5, 5.41) is 10.1. The second kappa shape index (κ2) is 8.22. The monoisotopic (exact) mass is 318 g/mol. The average molecular weight is 319 g/mol. The van der Waals surface area contributed by atoms with E-state index in [2.05, 4.69) is 54.5 Å². The van der Waals surface area contributed by atoms with Gasteiger partial charge in [0.05, 0.1) is 0 Å². The first kappa shape index (κ1) is 20.1. The largest absolute Gasteiger partial charge is 0.508 e. The molecule has 0 aliphatic rings. The standard InChI is InChI=1S/C22H38O/c1-8-18(21(2,3)4)13-11-14-19(22(5,6)7)16-17-12-9-10-15-20(17)23/h9-10,12,15,18-19,23H,8,11,13-14,16H2,1-7H3. The molecule has 0 fully saturated rings. The zero-order valence-electron chi connectivity index (χ0n) is 16.4. The van der Waals surface area contributed by atoms with Gasteiger partial charge in [0.25, 0.3) is 0 Å². The normalized spacial score (nSPS) is 15.4. The lowest BCUT2D eigenvalue weighted by Gasteiger charge is -2.33. The molecule has 1 nitrogen and oxygen atoms in total. The molecular formula is C22H38O. The number of benzene rings is 1. The van der Waals surface area contributed by atoms with Crippen LogP contribution in [0.4, 0.5) is 0 Å². The van der Waals surface area contributed by atoms with Crippen molar-refractivity contribution in [3.8, 4) is 5.75 Å². The molecule has 0 aliphatic carbocycles. The fourth-order valence-corrected chi connectivity index (χ4v) is 3.65. The Morgan fingerprint density at radius 3 is 1.87 bits per heavy atom. The van der Waals surface area contributed by atoms with E-state index in [0.29, 0.717) is 17.1 Å². The van der Waals surface area contributed by atoms with Gasteiger partial charge < -0.3 is 5.11 Å². The van der Waals surface area contributed by atoms with E-state index in [1.54, 1.807) is 0 Å². The smallest absolute Gasteiger partial charge is 0.118 e. The van der Waals surface area contributed by atoms with Crippen LogP contribution in [-0.4, -0.2) is 5.11 Å². The quantitative estimate of drug-likeness (QED) is 0.583. The van der Waals surface area contributed by atoms with Crippen LogP contribution >= 0.6 is 0 Å². The van der Waals surface area contributed by atoms with E-state index in [1.807, 2.05) is 18.2 Å². The van der Waals surface area contributed by atoms with Crippen LogP contribution in [-0.2, 0) is 6.42 Å². The molecule has 1 rings (SSSR count). The zero-order chi connectivity index (χ0) is 17.7. The molecule has 0 heterocycles. The van der Waals surface area contributed by atoms with Crippen LogP contribution in [0.2, 0.25) is 0 Å². The van der Waals surface area contributed by atoms with Crippen LogP contribution < -0.4 is 0 Å². The van der Waals surface area contributed by atoms with Gasteiger partial charge in [-0.1, -0.05) is 79.5 Å². The third-order valence-corrected chi connectivity index (χ3v) is 5.51. The predicted molar refractivity (Wildman–Crippen MR) is 102 cm³/mol. The van der Waals surface area contributed by atoms with Gasteiger partial charge in [0.15, 0.2) is 0 Å². The highest BCUT2D eigenvalue weighted by atomic mass is 16.3. The minimum Gasteiger partial charge on any atom is -0.508 e. The molecule has 0 bridgehead atoms. The van der Waals surface area contributed by atoms with E-state index in [1.165, 1.54) is 25.7 Å². The maximum absolute atomic E-state index is 10.1. The molecule has 1 aromatic rings. The summed E-state index contributed by atoms with van der Waals surface area (Å²) in [5.74, 6) is 1.85. The first-order chi connectivity index (χ1) is 10.6. The van der Waals surface area contributed by atoms with Gasteiger partial charge in [0.2, 0.25) is 0 Å². The predicted octanol–water partition coefficient (Wildman–Crippen LogP) is 6.84. The molecule has 0 saturated carbocycles. The fourth-order valence-electron chi connectivity index (χ4n) is 3.65. The molecule has 0 amide bonds. The number of para-hydroxylation sites is 1. The number of hydrogen-bond acceptors (Lipinski definition) is 1. The highest BCUT2D eigenvalue weighted by Gasteiger charge is 2.27. The maximum Gasteiger partial charge on any atom is 0.118 e. The summed E-state index contributed by atoms with van der Waals surface area (Å²) in [6, 6.07) is 7.81. The van der Waals surface area contributed by atoms with E-state index in [-0.39, 0.29) is 5.41 Å². The summed E-state index contributed by atoms with van der Waals surface area (Å²) in [5.41, 5.74) is 1.77. The van der Waals surface area contributed by atoms with Crippen molar-refractivity contribution in [3.05, 3.63) is 29.8 Å². The van der Waals surface area contributed by atoms with Crippen LogP contribution in [0.25, 0.3) is 0 Å². The van der Waals surface area contributed by atoms with Gasteiger partial charge in [-0.15, -0.1) is 0 Å². The van der Waals surface area contributed by atoms with Gasteiger partial charge in [-0.05, 0) is 53.6 Å². The van der Waals surface area contributed by atoms with Gasteiger partial charge >= 0.3 is 0 Å². The van der Waals surface area contributed by atoms with Crippen LogP contribution in [0.1, 0.15) is 79.7 Å². The molecule has 0 spiro atoms. The second-order valence-corrected chi connectivity index (χ2v) is 9.30. The van der Waals surface area contributed by atoms with Crippen molar-refractivity contribution in [2.45, 2.75) is 80.6 Å². The summed E-state index contributed by atoms with van der Waals surface area (Å²) in [6.07, 6.45) is 6.08. The molecule has 1 heteroatoms. The molecule has 2 atom stereocenters. The molecule has 0 saturated heterocycles. The maximum atomic E-state index is 10.1. The fraction of sp³-hybridized carbons (Fsp3) is 0.727. The Bertz CT molecular complexity index is 462. The van der Waals surface area contributed by atoms with E-state index >= 15 is 0 Å². The Morgan fingerprint density at radius 2 is 1.39 bits per heavy atom. The summed E-state index contributed by atoms with van der Waals surface area (Å²) in [6.45, 7) is 16.4. The molecule has 0 aliphatic heterocycles. The summed E-state index contributed by atoms with van der Waals surface area (Å²) < 4.78 is 0. The molecule has 23 heavy (non-hydrogen) atoms. The number of phenols is 1. The van der Waals surface area contributed by atoms with Crippen LogP contribution in [0.5, 0.6) is 5.75 Å². The molecule has 2 unspecified atom stereocenters. The van der Waals surface area contributed by atoms with Crippen molar-refractivity contribution < 1.29 is 5.11 Å². The van der Waals surface area contributed by atoms with Crippen molar-refractivity contribution >= 4 is 0 Å². The second-order valence-electron chi connectivity index (χ2n) is 9.30. The first-order valence-electron chi connectivity index (χ1n) is 9.32. The molecule has 0 aromatic heterocycles. The Kier molecular flexibility index (Phi) is 7.17. The summed E-state index contributed by atoms with van der Waals surface area (Å²) in [4.78, 5) is 0. The molecule has 0 radical (unpaired) electrons. The zero-order valence-corrected chi connectivity index (χ0v) is 16.4. The lowest BCUT2D eigenvalue weighted by Crippen LogP contribution is -2.24. The van der Waals surface area contributed by atoms with Crippen LogP contribution in [0.3, 0.4) is 0 Å². The van der Waals surface area contributed by atoms with Crippen molar-refractivity contribution in [1.29, 1.82) is 0 Å². The SMILES string of the molecule is CCC(CCCC(Cc1ccccc1O)C(C)(C)C)C(C)(C)C. The highest BCUT2D eigenvalue weighted by molar-refractivity contribution is 5.32.